The highest BCUT2D eigenvalue weighted by molar-refractivity contribution is 6.35. The molecule has 3 rings (SSSR count). The van der Waals surface area contributed by atoms with E-state index in [2.05, 4.69) is 10.3 Å². The SMILES string of the molecule is COC(=O)c1c(NCc2ccc(C)o2)c2cccc(Cl)c2[nH]c1=O. The van der Waals surface area contributed by atoms with Crippen LogP contribution in [-0.4, -0.2) is 18.1 Å². The first-order valence-corrected chi connectivity index (χ1v) is 7.61. The van der Waals surface area contributed by atoms with Crippen molar-refractivity contribution in [2.45, 2.75) is 13.5 Å². The third-order valence-corrected chi connectivity index (χ3v) is 3.94. The summed E-state index contributed by atoms with van der Waals surface area (Å²) in [6.07, 6.45) is 0. The number of methoxy groups -OCH3 is 1. The zero-order valence-corrected chi connectivity index (χ0v) is 13.9. The first-order chi connectivity index (χ1) is 11.5. The Kier molecular flexibility index (Phi) is 4.31. The maximum atomic E-state index is 12.3. The van der Waals surface area contributed by atoms with Gasteiger partial charge in [0, 0.05) is 5.39 Å². The van der Waals surface area contributed by atoms with Crippen molar-refractivity contribution in [2.75, 3.05) is 12.4 Å². The Bertz CT molecular complexity index is 974. The Labute approximate surface area is 142 Å². The Hall–Kier alpha value is -2.73. The second-order valence-electron chi connectivity index (χ2n) is 5.22. The minimum atomic E-state index is -0.726. The van der Waals surface area contributed by atoms with E-state index < -0.39 is 11.5 Å². The monoisotopic (exact) mass is 346 g/mol. The molecule has 0 amide bonds. The number of nitrogens with one attached hydrogen (secondary N) is 2. The van der Waals surface area contributed by atoms with Crippen molar-refractivity contribution in [2.24, 2.45) is 0 Å². The Morgan fingerprint density at radius 1 is 1.33 bits per heavy atom. The highest BCUT2D eigenvalue weighted by atomic mass is 35.5. The lowest BCUT2D eigenvalue weighted by molar-refractivity contribution is 0.0600. The number of halogens is 1. The van der Waals surface area contributed by atoms with Gasteiger partial charge in [0.05, 0.1) is 29.9 Å². The first kappa shape index (κ1) is 16.1. The third-order valence-electron chi connectivity index (χ3n) is 3.62. The van der Waals surface area contributed by atoms with Crippen LogP contribution in [0.3, 0.4) is 0 Å². The molecule has 0 unspecified atom stereocenters. The number of rotatable bonds is 4. The van der Waals surface area contributed by atoms with Gasteiger partial charge in [-0.05, 0) is 25.1 Å². The number of aromatic nitrogens is 1. The van der Waals surface area contributed by atoms with Crippen LogP contribution in [0.15, 0.2) is 39.5 Å². The number of aromatic amines is 1. The van der Waals surface area contributed by atoms with E-state index in [1.807, 2.05) is 19.1 Å². The average molecular weight is 347 g/mol. The maximum absolute atomic E-state index is 12.3. The second-order valence-corrected chi connectivity index (χ2v) is 5.63. The minimum Gasteiger partial charge on any atom is -0.465 e. The highest BCUT2D eigenvalue weighted by Crippen LogP contribution is 2.29. The lowest BCUT2D eigenvalue weighted by Gasteiger charge is -2.13. The molecule has 0 spiro atoms. The van der Waals surface area contributed by atoms with Gasteiger partial charge in [-0.3, -0.25) is 4.79 Å². The van der Waals surface area contributed by atoms with Crippen molar-refractivity contribution in [3.05, 3.63) is 62.8 Å². The molecule has 0 radical (unpaired) electrons. The molecule has 7 heteroatoms. The van der Waals surface area contributed by atoms with E-state index in [0.717, 1.165) is 5.76 Å². The molecular weight excluding hydrogens is 332 g/mol. The maximum Gasteiger partial charge on any atom is 0.345 e. The number of anilines is 1. The molecule has 0 atom stereocenters. The fraction of sp³-hybridized carbons (Fsp3) is 0.176. The largest absolute Gasteiger partial charge is 0.465 e. The number of carbonyl (C=O) groups excluding carboxylic acids is 1. The highest BCUT2D eigenvalue weighted by Gasteiger charge is 2.21. The number of H-pyrrole nitrogens is 1. The van der Waals surface area contributed by atoms with Gasteiger partial charge in [0.15, 0.2) is 0 Å². The molecule has 0 bridgehead atoms. The molecule has 0 aliphatic rings. The van der Waals surface area contributed by atoms with E-state index in [-0.39, 0.29) is 5.56 Å². The van der Waals surface area contributed by atoms with Crippen LogP contribution >= 0.6 is 11.6 Å². The normalized spacial score (nSPS) is 10.8. The number of aryl methyl sites for hydroxylation is 1. The number of pyridine rings is 1. The molecule has 24 heavy (non-hydrogen) atoms. The van der Waals surface area contributed by atoms with Crippen LogP contribution in [0.2, 0.25) is 5.02 Å². The smallest absolute Gasteiger partial charge is 0.345 e. The fourth-order valence-corrected chi connectivity index (χ4v) is 2.74. The molecule has 124 valence electrons. The van der Waals surface area contributed by atoms with Gasteiger partial charge < -0.3 is 19.5 Å². The number of hydrogen-bond donors (Lipinski definition) is 2. The van der Waals surface area contributed by atoms with Crippen LogP contribution in [0.1, 0.15) is 21.9 Å². The summed E-state index contributed by atoms with van der Waals surface area (Å²) in [7, 11) is 1.23. The molecule has 0 aliphatic carbocycles. The van der Waals surface area contributed by atoms with Crippen LogP contribution in [0.4, 0.5) is 5.69 Å². The topological polar surface area (TPSA) is 84.3 Å². The zero-order chi connectivity index (χ0) is 17.3. The van der Waals surface area contributed by atoms with Crippen molar-refractivity contribution < 1.29 is 13.9 Å². The number of hydrogen-bond acceptors (Lipinski definition) is 5. The predicted molar refractivity (Wildman–Crippen MR) is 91.7 cm³/mol. The van der Waals surface area contributed by atoms with Gasteiger partial charge in [-0.15, -0.1) is 0 Å². The molecule has 1 aromatic carbocycles. The molecule has 2 aromatic heterocycles. The van der Waals surface area contributed by atoms with E-state index in [1.54, 1.807) is 18.2 Å². The number of ether oxygens (including phenoxy) is 1. The van der Waals surface area contributed by atoms with Crippen molar-refractivity contribution in [3.63, 3.8) is 0 Å². The lowest BCUT2D eigenvalue weighted by atomic mass is 10.1. The number of esters is 1. The number of benzene rings is 1. The van der Waals surface area contributed by atoms with Crippen LogP contribution in [0.5, 0.6) is 0 Å². The Morgan fingerprint density at radius 2 is 2.12 bits per heavy atom. The molecular formula is C17H15ClN2O4. The van der Waals surface area contributed by atoms with Gasteiger partial charge in [-0.25, -0.2) is 4.79 Å². The van der Waals surface area contributed by atoms with Crippen LogP contribution in [0, 0.1) is 6.92 Å². The quantitative estimate of drug-likeness (QED) is 0.706. The van der Waals surface area contributed by atoms with Crippen molar-refractivity contribution >= 4 is 34.2 Å². The van der Waals surface area contributed by atoms with Gasteiger partial charge in [0.25, 0.3) is 5.56 Å². The van der Waals surface area contributed by atoms with Crippen molar-refractivity contribution in [1.82, 2.24) is 4.98 Å². The van der Waals surface area contributed by atoms with Gasteiger partial charge in [0.1, 0.15) is 17.1 Å². The second kappa shape index (κ2) is 6.41. The molecule has 6 nitrogen and oxygen atoms in total. The number of furan rings is 1. The predicted octanol–water partition coefficient (Wildman–Crippen LogP) is 3.48. The summed E-state index contributed by atoms with van der Waals surface area (Å²) in [4.78, 5) is 27.0. The van der Waals surface area contributed by atoms with Crippen LogP contribution in [-0.2, 0) is 11.3 Å². The number of para-hydroxylation sites is 1. The summed E-state index contributed by atoms with van der Waals surface area (Å²) in [5.41, 5.74) is 0.142. The van der Waals surface area contributed by atoms with Gasteiger partial charge in [-0.2, -0.15) is 0 Å². The van der Waals surface area contributed by atoms with E-state index in [0.29, 0.717) is 33.9 Å². The van der Waals surface area contributed by atoms with Gasteiger partial charge >= 0.3 is 5.97 Å². The van der Waals surface area contributed by atoms with E-state index in [9.17, 15) is 9.59 Å². The standard InChI is InChI=1S/C17H15ClN2O4/c1-9-6-7-10(24-9)8-19-15-11-4-3-5-12(18)14(11)20-16(21)13(15)17(22)23-2/h3-7H,8H2,1-2H3,(H2,19,20,21). The molecule has 0 saturated heterocycles. The Balaban J connectivity index is 2.15. The van der Waals surface area contributed by atoms with E-state index >= 15 is 0 Å². The molecule has 2 heterocycles. The average Bonchev–Trinajstić information content (AvgIpc) is 2.98. The summed E-state index contributed by atoms with van der Waals surface area (Å²) in [6.45, 7) is 2.15. The summed E-state index contributed by atoms with van der Waals surface area (Å²) in [5, 5.41) is 4.10. The first-order valence-electron chi connectivity index (χ1n) is 7.23. The number of carbonyl (C=O) groups is 1. The molecule has 3 aromatic rings. The van der Waals surface area contributed by atoms with Crippen LogP contribution < -0.4 is 10.9 Å². The van der Waals surface area contributed by atoms with E-state index in [4.69, 9.17) is 20.8 Å². The third kappa shape index (κ3) is 2.88. The van der Waals surface area contributed by atoms with E-state index in [1.165, 1.54) is 7.11 Å². The molecule has 2 N–H and O–H groups in total. The van der Waals surface area contributed by atoms with Gasteiger partial charge in [0.2, 0.25) is 0 Å². The molecule has 0 saturated carbocycles. The van der Waals surface area contributed by atoms with Crippen LogP contribution in [0.25, 0.3) is 10.9 Å². The number of fused-ring (bicyclic) bond motifs is 1. The van der Waals surface area contributed by atoms with Gasteiger partial charge in [-0.1, -0.05) is 23.7 Å². The summed E-state index contributed by atoms with van der Waals surface area (Å²) < 4.78 is 10.2. The van der Waals surface area contributed by atoms with Crippen molar-refractivity contribution in [3.8, 4) is 0 Å². The lowest BCUT2D eigenvalue weighted by Crippen LogP contribution is -2.22. The fourth-order valence-electron chi connectivity index (χ4n) is 2.52. The summed E-state index contributed by atoms with van der Waals surface area (Å²) in [6, 6.07) is 8.83. The molecule has 0 fully saturated rings. The summed E-state index contributed by atoms with van der Waals surface area (Å²) in [5.74, 6) is 0.730. The minimum absolute atomic E-state index is 0.101. The van der Waals surface area contributed by atoms with Crippen molar-refractivity contribution in [1.29, 1.82) is 0 Å². The zero-order valence-electron chi connectivity index (χ0n) is 13.1. The molecule has 0 aliphatic heterocycles. The Morgan fingerprint density at radius 3 is 2.79 bits per heavy atom. The summed E-state index contributed by atoms with van der Waals surface area (Å²) >= 11 is 6.15.